The van der Waals surface area contributed by atoms with Crippen molar-refractivity contribution in [1.82, 2.24) is 9.55 Å². The second-order valence-corrected chi connectivity index (χ2v) is 3.51. The number of aromatic hydroxyl groups is 1. The van der Waals surface area contributed by atoms with Crippen LogP contribution in [0.15, 0.2) is 27.8 Å². The number of nitriles is 1. The molecule has 0 aliphatic heterocycles. The van der Waals surface area contributed by atoms with Gasteiger partial charge in [0.05, 0.1) is 17.3 Å². The molecule has 0 atom stereocenters. The van der Waals surface area contributed by atoms with Crippen LogP contribution in [-0.2, 0) is 0 Å². The zero-order valence-corrected chi connectivity index (χ0v) is 9.15. The van der Waals surface area contributed by atoms with E-state index in [2.05, 4.69) is 0 Å². The Morgan fingerprint density at radius 2 is 2.00 bits per heavy atom. The first-order chi connectivity index (χ1) is 8.95. The van der Waals surface area contributed by atoms with Gasteiger partial charge in [-0.15, -0.1) is 0 Å². The van der Waals surface area contributed by atoms with Crippen LogP contribution in [0.4, 0.5) is 8.78 Å². The molecule has 0 fully saturated rings. The zero-order valence-electron chi connectivity index (χ0n) is 9.15. The standard InChI is InChI=1S/C11H5F2N3O3/c12-6-3-5(4-14)1-2-7(6)16-10(18)8(13)9(17)15-11(16)19/h1-3,18H,(H,15,17,19). The molecule has 1 heterocycles. The average molecular weight is 265 g/mol. The van der Waals surface area contributed by atoms with Gasteiger partial charge in [0.25, 0.3) is 5.56 Å². The lowest BCUT2D eigenvalue weighted by atomic mass is 10.2. The van der Waals surface area contributed by atoms with Gasteiger partial charge in [-0.2, -0.15) is 9.65 Å². The van der Waals surface area contributed by atoms with Crippen LogP contribution in [0.2, 0.25) is 0 Å². The summed E-state index contributed by atoms with van der Waals surface area (Å²) in [6.45, 7) is 0. The van der Waals surface area contributed by atoms with Crippen molar-refractivity contribution >= 4 is 0 Å². The summed E-state index contributed by atoms with van der Waals surface area (Å²) in [6, 6.07) is 4.66. The minimum absolute atomic E-state index is 0.0151. The van der Waals surface area contributed by atoms with Crippen molar-refractivity contribution in [2.24, 2.45) is 0 Å². The average Bonchev–Trinajstić information content (AvgIpc) is 2.38. The Kier molecular flexibility index (Phi) is 2.88. The summed E-state index contributed by atoms with van der Waals surface area (Å²) in [7, 11) is 0. The molecule has 6 nitrogen and oxygen atoms in total. The van der Waals surface area contributed by atoms with E-state index in [1.165, 1.54) is 6.07 Å². The molecule has 8 heteroatoms. The Balaban J connectivity index is 2.81. The molecular formula is C11H5F2N3O3. The molecule has 0 saturated carbocycles. The molecule has 0 bridgehead atoms. The second kappa shape index (κ2) is 4.38. The Bertz CT molecular complexity index is 817. The summed E-state index contributed by atoms with van der Waals surface area (Å²) >= 11 is 0. The predicted molar refractivity (Wildman–Crippen MR) is 59.0 cm³/mol. The van der Waals surface area contributed by atoms with E-state index in [9.17, 15) is 23.5 Å². The number of benzene rings is 1. The van der Waals surface area contributed by atoms with E-state index < -0.39 is 34.5 Å². The number of H-pyrrole nitrogens is 1. The Morgan fingerprint density at radius 1 is 1.32 bits per heavy atom. The van der Waals surface area contributed by atoms with Crippen LogP contribution in [0.3, 0.4) is 0 Å². The lowest BCUT2D eigenvalue weighted by Crippen LogP contribution is -2.31. The number of hydrogen-bond acceptors (Lipinski definition) is 4. The first-order valence-corrected chi connectivity index (χ1v) is 4.89. The fourth-order valence-electron chi connectivity index (χ4n) is 1.49. The van der Waals surface area contributed by atoms with Crippen molar-refractivity contribution in [3.8, 4) is 17.6 Å². The van der Waals surface area contributed by atoms with Crippen LogP contribution in [0.1, 0.15) is 5.56 Å². The van der Waals surface area contributed by atoms with Gasteiger partial charge >= 0.3 is 5.69 Å². The molecule has 0 spiro atoms. The van der Waals surface area contributed by atoms with Gasteiger partial charge < -0.3 is 5.11 Å². The van der Waals surface area contributed by atoms with E-state index >= 15 is 0 Å². The Hall–Kier alpha value is -2.95. The molecule has 1 aromatic heterocycles. The quantitative estimate of drug-likeness (QED) is 0.778. The normalized spacial score (nSPS) is 10.2. The van der Waals surface area contributed by atoms with Crippen LogP contribution in [0.25, 0.3) is 5.69 Å². The molecule has 0 unspecified atom stereocenters. The number of hydrogen-bond donors (Lipinski definition) is 2. The van der Waals surface area contributed by atoms with E-state index in [-0.39, 0.29) is 10.1 Å². The molecule has 0 aliphatic rings. The first-order valence-electron chi connectivity index (χ1n) is 4.89. The Morgan fingerprint density at radius 3 is 2.58 bits per heavy atom. The smallest absolute Gasteiger partial charge is 0.336 e. The van der Waals surface area contributed by atoms with Crippen molar-refractivity contribution in [2.75, 3.05) is 0 Å². The molecule has 0 radical (unpaired) electrons. The summed E-state index contributed by atoms with van der Waals surface area (Å²) in [5.41, 5.74) is -3.12. The zero-order chi connectivity index (χ0) is 14.2. The van der Waals surface area contributed by atoms with E-state index in [0.29, 0.717) is 0 Å². The highest BCUT2D eigenvalue weighted by Crippen LogP contribution is 2.18. The molecular weight excluding hydrogens is 260 g/mol. The van der Waals surface area contributed by atoms with Crippen molar-refractivity contribution in [1.29, 1.82) is 5.26 Å². The first kappa shape index (κ1) is 12.5. The highest BCUT2D eigenvalue weighted by atomic mass is 19.1. The van der Waals surface area contributed by atoms with Gasteiger partial charge in [-0.25, -0.2) is 13.8 Å². The van der Waals surface area contributed by atoms with E-state index in [1.54, 1.807) is 11.1 Å². The van der Waals surface area contributed by atoms with Crippen LogP contribution in [0.5, 0.6) is 5.88 Å². The fraction of sp³-hybridized carbons (Fsp3) is 0. The highest BCUT2D eigenvalue weighted by molar-refractivity contribution is 5.42. The number of aromatic nitrogens is 2. The fourth-order valence-corrected chi connectivity index (χ4v) is 1.49. The molecule has 0 saturated heterocycles. The van der Waals surface area contributed by atoms with Crippen molar-refractivity contribution in [3.63, 3.8) is 0 Å². The molecule has 96 valence electrons. The van der Waals surface area contributed by atoms with Crippen LogP contribution in [-0.4, -0.2) is 14.7 Å². The maximum atomic E-state index is 13.7. The monoisotopic (exact) mass is 265 g/mol. The minimum Gasteiger partial charge on any atom is -0.492 e. The van der Waals surface area contributed by atoms with Crippen LogP contribution in [0, 0.1) is 23.0 Å². The van der Waals surface area contributed by atoms with E-state index in [4.69, 9.17) is 5.26 Å². The summed E-state index contributed by atoms with van der Waals surface area (Å²) in [4.78, 5) is 23.9. The lowest BCUT2D eigenvalue weighted by Gasteiger charge is -2.08. The van der Waals surface area contributed by atoms with Crippen molar-refractivity contribution < 1.29 is 13.9 Å². The lowest BCUT2D eigenvalue weighted by molar-refractivity contribution is 0.384. The largest absolute Gasteiger partial charge is 0.492 e. The third-order valence-electron chi connectivity index (χ3n) is 2.35. The molecule has 2 rings (SSSR count). The van der Waals surface area contributed by atoms with Crippen molar-refractivity contribution in [3.05, 3.63) is 56.2 Å². The predicted octanol–water partition coefficient (Wildman–Crippen LogP) is 0.381. The van der Waals surface area contributed by atoms with Gasteiger partial charge in [-0.3, -0.25) is 9.78 Å². The number of nitrogens with zero attached hydrogens (tertiary/aromatic N) is 2. The van der Waals surface area contributed by atoms with Crippen molar-refractivity contribution in [2.45, 2.75) is 0 Å². The maximum Gasteiger partial charge on any atom is 0.336 e. The molecule has 1 aromatic carbocycles. The topological polar surface area (TPSA) is 98.9 Å². The summed E-state index contributed by atoms with van der Waals surface area (Å²) < 4.78 is 27.1. The van der Waals surface area contributed by atoms with Gasteiger partial charge in [-0.05, 0) is 18.2 Å². The summed E-state index contributed by atoms with van der Waals surface area (Å²) in [5, 5.41) is 18.0. The number of halogens is 2. The molecule has 2 aromatic rings. The number of aromatic amines is 1. The molecule has 0 aliphatic carbocycles. The van der Waals surface area contributed by atoms with Crippen LogP contribution >= 0.6 is 0 Å². The summed E-state index contributed by atoms with van der Waals surface area (Å²) in [5.74, 6) is -3.94. The SMILES string of the molecule is N#Cc1ccc(-n2c(O)c(F)c(=O)[nH]c2=O)c(F)c1. The maximum absolute atomic E-state index is 13.7. The van der Waals surface area contributed by atoms with Gasteiger partial charge in [-0.1, -0.05) is 0 Å². The van der Waals surface area contributed by atoms with Gasteiger partial charge in [0.15, 0.2) is 0 Å². The third kappa shape index (κ3) is 1.97. The molecule has 0 amide bonds. The van der Waals surface area contributed by atoms with Gasteiger partial charge in [0.2, 0.25) is 11.7 Å². The third-order valence-corrected chi connectivity index (χ3v) is 2.35. The van der Waals surface area contributed by atoms with E-state index in [0.717, 1.165) is 12.1 Å². The number of rotatable bonds is 1. The molecule has 2 N–H and O–H groups in total. The Labute approximate surface area is 103 Å². The molecule has 19 heavy (non-hydrogen) atoms. The van der Waals surface area contributed by atoms with Gasteiger partial charge in [0.1, 0.15) is 5.82 Å². The van der Waals surface area contributed by atoms with Crippen LogP contribution < -0.4 is 11.2 Å². The second-order valence-electron chi connectivity index (χ2n) is 3.51. The highest BCUT2D eigenvalue weighted by Gasteiger charge is 2.17. The summed E-state index contributed by atoms with van der Waals surface area (Å²) in [6.07, 6.45) is 0. The number of nitrogens with one attached hydrogen (secondary N) is 1. The van der Waals surface area contributed by atoms with Gasteiger partial charge in [0, 0.05) is 0 Å². The minimum atomic E-state index is -1.61. The van der Waals surface area contributed by atoms with E-state index in [1.807, 2.05) is 0 Å².